The molecule has 0 fully saturated rings. The van der Waals surface area contributed by atoms with Gasteiger partial charge in [0.2, 0.25) is 0 Å². The van der Waals surface area contributed by atoms with Crippen molar-refractivity contribution in [3.63, 3.8) is 0 Å². The Bertz CT molecular complexity index is 3960. The molecule has 0 amide bonds. The Morgan fingerprint density at radius 2 is 0.797 bits per heavy atom. The fourth-order valence-corrected chi connectivity index (χ4v) is 10.2. The van der Waals surface area contributed by atoms with E-state index in [1.54, 1.807) is 0 Å². The van der Waals surface area contributed by atoms with Crippen molar-refractivity contribution >= 4 is 92.9 Å². The zero-order chi connectivity index (χ0) is 42.1. The van der Waals surface area contributed by atoms with Gasteiger partial charge in [0.05, 0.1) is 11.1 Å². The van der Waals surface area contributed by atoms with Gasteiger partial charge in [-0.3, -0.25) is 0 Å². The van der Waals surface area contributed by atoms with E-state index in [0.29, 0.717) is 0 Å². The summed E-state index contributed by atoms with van der Waals surface area (Å²) in [5.41, 5.74) is 12.2. The third-order valence-electron chi connectivity index (χ3n) is 13.2. The van der Waals surface area contributed by atoms with Gasteiger partial charge in [0.1, 0.15) is 11.2 Å². The maximum atomic E-state index is 6.66. The van der Waals surface area contributed by atoms with Crippen molar-refractivity contribution < 1.29 is 4.42 Å². The van der Waals surface area contributed by atoms with Crippen molar-refractivity contribution in [2.45, 2.75) is 0 Å². The first-order valence-corrected chi connectivity index (χ1v) is 22.0. The SMILES string of the molecule is c1ccc(-c2ccc(-c3ccc(N(c4ccc5ccc(-c6cc7ccccc7c7ccccc67)cc5c4)c4c5ccccc5cc5oc6ccccc6c45)cc3)c3ccccc23)cc1. The van der Waals surface area contributed by atoms with Crippen LogP contribution in [0.25, 0.3) is 109 Å². The molecule has 0 radical (unpaired) electrons. The highest BCUT2D eigenvalue weighted by Gasteiger charge is 2.23. The first-order valence-electron chi connectivity index (χ1n) is 22.0. The van der Waals surface area contributed by atoms with Gasteiger partial charge in [-0.15, -0.1) is 0 Å². The van der Waals surface area contributed by atoms with Crippen molar-refractivity contribution in [1.29, 1.82) is 0 Å². The maximum Gasteiger partial charge on any atom is 0.138 e. The van der Waals surface area contributed by atoms with E-state index in [4.69, 9.17) is 4.42 Å². The Labute approximate surface area is 370 Å². The topological polar surface area (TPSA) is 16.4 Å². The second kappa shape index (κ2) is 14.6. The molecule has 2 nitrogen and oxygen atoms in total. The van der Waals surface area contributed by atoms with Crippen LogP contribution in [0.1, 0.15) is 0 Å². The molecule has 13 rings (SSSR count). The van der Waals surface area contributed by atoms with Gasteiger partial charge in [0.15, 0.2) is 0 Å². The third kappa shape index (κ3) is 5.81. The molecule has 2 heteroatoms. The molecule has 298 valence electrons. The number of benzene rings is 12. The van der Waals surface area contributed by atoms with E-state index in [9.17, 15) is 0 Å². The Hall–Kier alpha value is -8.46. The van der Waals surface area contributed by atoms with E-state index in [0.717, 1.165) is 49.8 Å². The van der Waals surface area contributed by atoms with Crippen molar-refractivity contribution in [3.8, 4) is 33.4 Å². The van der Waals surface area contributed by atoms with Crippen LogP contribution in [0.5, 0.6) is 0 Å². The zero-order valence-electron chi connectivity index (χ0n) is 34.9. The Morgan fingerprint density at radius 3 is 1.53 bits per heavy atom. The van der Waals surface area contributed by atoms with Crippen LogP contribution < -0.4 is 4.90 Å². The number of furan rings is 1. The van der Waals surface area contributed by atoms with Gasteiger partial charge in [-0.25, -0.2) is 0 Å². The summed E-state index contributed by atoms with van der Waals surface area (Å²) in [4.78, 5) is 2.45. The molecule has 0 aliphatic rings. The van der Waals surface area contributed by atoms with E-state index in [1.165, 1.54) is 76.5 Å². The molecule has 1 aromatic heterocycles. The number of hydrogen-bond acceptors (Lipinski definition) is 2. The number of nitrogens with zero attached hydrogens (tertiary/aromatic N) is 1. The second-order valence-electron chi connectivity index (χ2n) is 16.8. The molecule has 0 atom stereocenters. The smallest absolute Gasteiger partial charge is 0.138 e. The minimum Gasteiger partial charge on any atom is -0.456 e. The molecule has 0 unspecified atom stereocenters. The number of para-hydroxylation sites is 1. The van der Waals surface area contributed by atoms with Gasteiger partial charge >= 0.3 is 0 Å². The molecular formula is C62H39NO. The van der Waals surface area contributed by atoms with Crippen LogP contribution in [-0.4, -0.2) is 0 Å². The van der Waals surface area contributed by atoms with E-state index in [1.807, 2.05) is 0 Å². The molecule has 13 aromatic rings. The first kappa shape index (κ1) is 36.2. The fourth-order valence-electron chi connectivity index (χ4n) is 10.2. The van der Waals surface area contributed by atoms with Crippen LogP contribution in [0.4, 0.5) is 17.1 Å². The number of rotatable bonds is 6. The average Bonchev–Trinajstić information content (AvgIpc) is 3.74. The molecule has 0 aliphatic carbocycles. The van der Waals surface area contributed by atoms with E-state index >= 15 is 0 Å². The summed E-state index contributed by atoms with van der Waals surface area (Å²) in [6.45, 7) is 0. The molecule has 0 bridgehead atoms. The van der Waals surface area contributed by atoms with E-state index in [-0.39, 0.29) is 0 Å². The first-order chi connectivity index (χ1) is 31.7. The van der Waals surface area contributed by atoms with Gasteiger partial charge in [-0.05, 0) is 130 Å². The van der Waals surface area contributed by atoms with Crippen LogP contribution in [0.2, 0.25) is 0 Å². The fraction of sp³-hybridized carbons (Fsp3) is 0. The number of fused-ring (bicyclic) bond motifs is 9. The molecule has 64 heavy (non-hydrogen) atoms. The van der Waals surface area contributed by atoms with Crippen molar-refractivity contribution in [1.82, 2.24) is 0 Å². The highest BCUT2D eigenvalue weighted by molar-refractivity contribution is 6.22. The van der Waals surface area contributed by atoms with Gasteiger partial charge < -0.3 is 9.32 Å². The maximum absolute atomic E-state index is 6.66. The summed E-state index contributed by atoms with van der Waals surface area (Å²) in [5.74, 6) is 0. The molecule has 1 heterocycles. The van der Waals surface area contributed by atoms with Crippen molar-refractivity contribution in [2.75, 3.05) is 4.90 Å². The van der Waals surface area contributed by atoms with Gasteiger partial charge in [0.25, 0.3) is 0 Å². The van der Waals surface area contributed by atoms with Crippen LogP contribution in [0.15, 0.2) is 241 Å². The summed E-state index contributed by atoms with van der Waals surface area (Å²) in [5, 5.41) is 14.4. The zero-order valence-corrected chi connectivity index (χ0v) is 34.9. The number of hydrogen-bond donors (Lipinski definition) is 0. The lowest BCUT2D eigenvalue weighted by atomic mass is 9.92. The predicted molar refractivity (Wildman–Crippen MR) is 272 cm³/mol. The summed E-state index contributed by atoms with van der Waals surface area (Å²) >= 11 is 0. The third-order valence-corrected chi connectivity index (χ3v) is 13.2. The Morgan fingerprint density at radius 1 is 0.266 bits per heavy atom. The summed E-state index contributed by atoms with van der Waals surface area (Å²) < 4.78 is 6.66. The Kier molecular flexibility index (Phi) is 8.25. The molecule has 0 saturated carbocycles. The molecule has 0 aliphatic heterocycles. The van der Waals surface area contributed by atoms with Gasteiger partial charge in [0, 0.05) is 22.1 Å². The highest BCUT2D eigenvalue weighted by atomic mass is 16.3. The van der Waals surface area contributed by atoms with Gasteiger partial charge in [-0.2, -0.15) is 0 Å². The van der Waals surface area contributed by atoms with Crippen LogP contribution >= 0.6 is 0 Å². The summed E-state index contributed by atoms with van der Waals surface area (Å²) in [7, 11) is 0. The molecule has 0 spiro atoms. The van der Waals surface area contributed by atoms with Crippen LogP contribution in [0, 0.1) is 0 Å². The lowest BCUT2D eigenvalue weighted by molar-refractivity contribution is 0.669. The molecule has 0 saturated heterocycles. The van der Waals surface area contributed by atoms with Crippen molar-refractivity contribution in [2.24, 2.45) is 0 Å². The van der Waals surface area contributed by atoms with Crippen LogP contribution in [0.3, 0.4) is 0 Å². The quantitative estimate of drug-likeness (QED) is 0.156. The van der Waals surface area contributed by atoms with Gasteiger partial charge in [-0.1, -0.05) is 188 Å². The largest absolute Gasteiger partial charge is 0.456 e. The van der Waals surface area contributed by atoms with E-state index < -0.39 is 0 Å². The highest BCUT2D eigenvalue weighted by Crippen LogP contribution is 2.48. The summed E-state index contributed by atoms with van der Waals surface area (Å²) in [6, 6.07) is 86.1. The average molecular weight is 814 g/mol. The van der Waals surface area contributed by atoms with Crippen molar-refractivity contribution in [3.05, 3.63) is 237 Å². The summed E-state index contributed by atoms with van der Waals surface area (Å²) in [6.07, 6.45) is 0. The molecule has 0 N–H and O–H groups in total. The minimum absolute atomic E-state index is 0.868. The second-order valence-corrected chi connectivity index (χ2v) is 16.8. The standard InChI is InChI=1S/C62H39NO/c1-2-14-41(15-3-1)50-34-35-51(55-22-9-8-21-54(50)55)42-29-31-47(32-30-42)63(62-52-19-7-5-17-44(52)39-60-61(62)57-24-12-13-25-59(57)64-60)48-33-28-40-26-27-45(36-46(40)37-48)58-38-43-16-4-6-18-49(43)53-20-10-11-23-56(53)58/h1-39H. The monoisotopic (exact) mass is 813 g/mol. The minimum atomic E-state index is 0.868. The predicted octanol–water partition coefficient (Wildman–Crippen LogP) is 17.8. The molecular weight excluding hydrogens is 775 g/mol. The Balaban J connectivity index is 1.02. The van der Waals surface area contributed by atoms with Crippen LogP contribution in [-0.2, 0) is 0 Å². The molecule has 12 aromatic carbocycles. The lowest BCUT2D eigenvalue weighted by Gasteiger charge is -2.28. The normalized spacial score (nSPS) is 11.8. The lowest BCUT2D eigenvalue weighted by Crippen LogP contribution is -2.11. The number of anilines is 3. The van der Waals surface area contributed by atoms with E-state index in [2.05, 4.69) is 241 Å².